The minimum atomic E-state index is -0.765. The number of nitrogens with zero attached hydrogens (tertiary/aromatic N) is 1. The van der Waals surface area contributed by atoms with E-state index in [9.17, 15) is 9.59 Å². The van der Waals surface area contributed by atoms with Crippen LogP contribution >= 0.6 is 11.6 Å². The third kappa shape index (κ3) is 5.26. The van der Waals surface area contributed by atoms with Crippen LogP contribution in [0.2, 0.25) is 5.02 Å². The maximum absolute atomic E-state index is 15.2. The van der Waals surface area contributed by atoms with E-state index in [-0.39, 0.29) is 21.7 Å². The summed E-state index contributed by atoms with van der Waals surface area (Å²) in [6, 6.07) is 5.36. The standard InChI is InChI=1S/C20H22ClFN2O3/c1-5-15(24-19(26)27-20(2,3)4)13-8-9-14(21)16(17(13)22)18(25)12-7-6-10-23-11-12/h6-11,15H,5H2,1-4H3,(H,24,26). The fourth-order valence-corrected chi connectivity index (χ4v) is 2.77. The summed E-state index contributed by atoms with van der Waals surface area (Å²) in [5, 5.41) is 2.64. The molecule has 0 aliphatic carbocycles. The number of alkyl carbamates (subject to hydrolysis) is 1. The van der Waals surface area contributed by atoms with Crippen LogP contribution in [0, 0.1) is 5.82 Å². The highest BCUT2D eigenvalue weighted by Crippen LogP contribution is 2.29. The quantitative estimate of drug-likeness (QED) is 0.720. The van der Waals surface area contributed by atoms with Crippen LogP contribution in [0.5, 0.6) is 0 Å². The molecule has 2 rings (SSSR count). The van der Waals surface area contributed by atoms with Gasteiger partial charge in [0.15, 0.2) is 5.78 Å². The molecule has 0 spiro atoms. The number of ketones is 1. The first kappa shape index (κ1) is 20.8. The number of carbonyl (C=O) groups excluding carboxylic acids is 2. The minimum Gasteiger partial charge on any atom is -0.444 e. The second kappa shape index (κ2) is 8.48. The van der Waals surface area contributed by atoms with E-state index < -0.39 is 29.3 Å². The maximum atomic E-state index is 15.2. The Morgan fingerprint density at radius 3 is 2.56 bits per heavy atom. The monoisotopic (exact) mass is 392 g/mol. The van der Waals surface area contributed by atoms with Crippen LogP contribution in [-0.4, -0.2) is 22.5 Å². The molecule has 0 saturated heterocycles. The molecule has 27 heavy (non-hydrogen) atoms. The Morgan fingerprint density at radius 1 is 1.30 bits per heavy atom. The predicted molar refractivity (Wildman–Crippen MR) is 101 cm³/mol. The highest BCUT2D eigenvalue weighted by molar-refractivity contribution is 6.35. The lowest BCUT2D eigenvalue weighted by molar-refractivity contribution is 0.0501. The zero-order valence-electron chi connectivity index (χ0n) is 15.7. The van der Waals surface area contributed by atoms with Gasteiger partial charge in [0, 0.05) is 23.5 Å². The summed E-state index contributed by atoms with van der Waals surface area (Å²) < 4.78 is 20.4. The number of pyridine rings is 1. The fraction of sp³-hybridized carbons (Fsp3) is 0.350. The molecule has 0 bridgehead atoms. The molecule has 1 aromatic carbocycles. The lowest BCUT2D eigenvalue weighted by atomic mass is 9.97. The average molecular weight is 393 g/mol. The van der Waals surface area contributed by atoms with E-state index in [1.165, 1.54) is 30.6 Å². The number of hydrogen-bond donors (Lipinski definition) is 1. The Bertz CT molecular complexity index is 835. The molecule has 7 heteroatoms. The van der Waals surface area contributed by atoms with Gasteiger partial charge >= 0.3 is 6.09 Å². The molecule has 144 valence electrons. The van der Waals surface area contributed by atoms with Gasteiger partial charge in [0.1, 0.15) is 11.4 Å². The van der Waals surface area contributed by atoms with Gasteiger partial charge in [0.25, 0.3) is 0 Å². The van der Waals surface area contributed by atoms with E-state index in [0.29, 0.717) is 6.42 Å². The average Bonchev–Trinajstić information content (AvgIpc) is 2.59. The smallest absolute Gasteiger partial charge is 0.408 e. The number of benzene rings is 1. The summed E-state index contributed by atoms with van der Waals surface area (Å²) in [6.07, 6.45) is 2.60. The van der Waals surface area contributed by atoms with Crippen molar-refractivity contribution in [2.45, 2.75) is 45.8 Å². The molecule has 0 radical (unpaired) electrons. The van der Waals surface area contributed by atoms with Gasteiger partial charge in [-0.2, -0.15) is 0 Å². The zero-order valence-corrected chi connectivity index (χ0v) is 16.4. The van der Waals surface area contributed by atoms with Gasteiger partial charge in [-0.05, 0) is 45.4 Å². The van der Waals surface area contributed by atoms with Gasteiger partial charge in [0.05, 0.1) is 16.6 Å². The van der Waals surface area contributed by atoms with Crippen molar-refractivity contribution in [3.05, 3.63) is 64.2 Å². The number of rotatable bonds is 5. The molecule has 0 saturated carbocycles. The first-order valence-corrected chi connectivity index (χ1v) is 8.94. The van der Waals surface area contributed by atoms with Crippen LogP contribution in [0.3, 0.4) is 0 Å². The van der Waals surface area contributed by atoms with Crippen molar-refractivity contribution in [1.82, 2.24) is 10.3 Å². The second-order valence-electron chi connectivity index (χ2n) is 7.00. The maximum Gasteiger partial charge on any atom is 0.408 e. The molecule has 1 amide bonds. The van der Waals surface area contributed by atoms with Gasteiger partial charge in [-0.1, -0.05) is 24.6 Å². The molecule has 1 N–H and O–H groups in total. The van der Waals surface area contributed by atoms with Gasteiger partial charge in [-0.25, -0.2) is 9.18 Å². The molecule has 1 unspecified atom stereocenters. The van der Waals surface area contributed by atoms with Crippen molar-refractivity contribution in [2.75, 3.05) is 0 Å². The molecule has 1 aromatic heterocycles. The normalized spacial score (nSPS) is 12.4. The van der Waals surface area contributed by atoms with Crippen molar-refractivity contribution in [3.63, 3.8) is 0 Å². The third-order valence-corrected chi connectivity index (χ3v) is 4.06. The van der Waals surface area contributed by atoms with Crippen LogP contribution in [0.4, 0.5) is 9.18 Å². The van der Waals surface area contributed by atoms with Crippen LogP contribution in [-0.2, 0) is 4.74 Å². The summed E-state index contributed by atoms with van der Waals surface area (Å²) in [5.41, 5.74) is -0.530. The van der Waals surface area contributed by atoms with Crippen molar-refractivity contribution in [3.8, 4) is 0 Å². The largest absolute Gasteiger partial charge is 0.444 e. The summed E-state index contributed by atoms with van der Waals surface area (Å²) in [5.74, 6) is -1.33. The topological polar surface area (TPSA) is 68.3 Å². The lowest BCUT2D eigenvalue weighted by Crippen LogP contribution is -2.35. The van der Waals surface area contributed by atoms with Gasteiger partial charge in [-0.15, -0.1) is 0 Å². The van der Waals surface area contributed by atoms with Gasteiger partial charge in [-0.3, -0.25) is 9.78 Å². The molecule has 0 aliphatic heterocycles. The molecule has 5 nitrogen and oxygen atoms in total. The Balaban J connectivity index is 2.37. The number of carbonyl (C=O) groups is 2. The van der Waals surface area contributed by atoms with Gasteiger partial charge < -0.3 is 10.1 Å². The van der Waals surface area contributed by atoms with E-state index in [2.05, 4.69) is 10.3 Å². The lowest BCUT2D eigenvalue weighted by Gasteiger charge is -2.24. The van der Waals surface area contributed by atoms with E-state index in [1.807, 2.05) is 0 Å². The Kier molecular flexibility index (Phi) is 6.54. The van der Waals surface area contributed by atoms with Crippen molar-refractivity contribution in [1.29, 1.82) is 0 Å². The molecule has 0 aliphatic rings. The summed E-state index contributed by atoms with van der Waals surface area (Å²) in [6.45, 7) is 7.00. The number of nitrogens with one attached hydrogen (secondary N) is 1. The van der Waals surface area contributed by atoms with E-state index in [4.69, 9.17) is 16.3 Å². The molecular weight excluding hydrogens is 371 g/mol. The molecule has 1 heterocycles. The first-order chi connectivity index (χ1) is 12.6. The summed E-state index contributed by atoms with van der Waals surface area (Å²) in [4.78, 5) is 28.6. The molecule has 2 aromatic rings. The second-order valence-corrected chi connectivity index (χ2v) is 7.41. The number of halogens is 2. The summed E-state index contributed by atoms with van der Waals surface area (Å²) >= 11 is 6.09. The zero-order chi connectivity index (χ0) is 20.2. The first-order valence-electron chi connectivity index (χ1n) is 8.56. The Hall–Kier alpha value is -2.47. The van der Waals surface area contributed by atoms with Crippen LogP contribution < -0.4 is 5.32 Å². The molecular formula is C20H22ClFN2O3. The molecule has 1 atom stereocenters. The van der Waals surface area contributed by atoms with Crippen molar-refractivity contribution < 1.29 is 18.7 Å². The predicted octanol–water partition coefficient (Wildman–Crippen LogP) is 5.08. The van der Waals surface area contributed by atoms with Gasteiger partial charge in [0.2, 0.25) is 0 Å². The summed E-state index contributed by atoms with van der Waals surface area (Å²) in [7, 11) is 0. The minimum absolute atomic E-state index is 0.00257. The van der Waals surface area contributed by atoms with Crippen LogP contribution in [0.15, 0.2) is 36.7 Å². The molecule has 0 fully saturated rings. The highest BCUT2D eigenvalue weighted by Gasteiger charge is 2.26. The Labute approximate surface area is 162 Å². The Morgan fingerprint density at radius 2 is 2.00 bits per heavy atom. The van der Waals surface area contributed by atoms with Crippen molar-refractivity contribution in [2.24, 2.45) is 0 Å². The van der Waals surface area contributed by atoms with Crippen LogP contribution in [0.25, 0.3) is 0 Å². The number of ether oxygens (including phenoxy) is 1. The number of hydrogen-bond acceptors (Lipinski definition) is 4. The number of aromatic nitrogens is 1. The third-order valence-electron chi connectivity index (χ3n) is 3.75. The van der Waals surface area contributed by atoms with E-state index in [0.717, 1.165) is 0 Å². The van der Waals surface area contributed by atoms with E-state index in [1.54, 1.807) is 33.8 Å². The van der Waals surface area contributed by atoms with E-state index >= 15 is 4.39 Å². The SMILES string of the molecule is CCC(NC(=O)OC(C)(C)C)c1ccc(Cl)c(C(=O)c2cccnc2)c1F. The number of amides is 1. The van der Waals surface area contributed by atoms with Crippen molar-refractivity contribution >= 4 is 23.5 Å². The van der Waals surface area contributed by atoms with Crippen LogP contribution in [0.1, 0.15) is 61.6 Å². The highest BCUT2D eigenvalue weighted by atomic mass is 35.5. The fourth-order valence-electron chi connectivity index (χ4n) is 2.54.